The largest absolute Gasteiger partial charge is 0.481 e. The van der Waals surface area contributed by atoms with Gasteiger partial charge in [0, 0.05) is 5.02 Å². The van der Waals surface area contributed by atoms with Crippen molar-refractivity contribution in [2.45, 2.75) is 77.9 Å². The second kappa shape index (κ2) is 9.92. The number of benzene rings is 1. The van der Waals surface area contributed by atoms with Crippen LogP contribution in [0.25, 0.3) is 0 Å². The number of carbonyl (C=O) groups excluding carboxylic acids is 2. The topological polar surface area (TPSA) is 76.7 Å². The van der Waals surface area contributed by atoms with Crippen LogP contribution >= 0.6 is 23.2 Å². The van der Waals surface area contributed by atoms with Gasteiger partial charge in [-0.15, -0.1) is 0 Å². The third-order valence-electron chi connectivity index (χ3n) is 6.26. The fourth-order valence-electron chi connectivity index (χ4n) is 4.87. The summed E-state index contributed by atoms with van der Waals surface area (Å²) in [5.41, 5.74) is 0.0728. The van der Waals surface area contributed by atoms with Gasteiger partial charge in [-0.25, -0.2) is 0 Å². The smallest absolute Gasteiger partial charge is 0.404 e. The molecule has 6 nitrogen and oxygen atoms in total. The maximum atomic E-state index is 12.7. The maximum absolute atomic E-state index is 12.7. The maximum Gasteiger partial charge on any atom is 0.481 e. The molecule has 1 aliphatic carbocycles. The van der Waals surface area contributed by atoms with E-state index in [0.717, 1.165) is 19.3 Å². The molecule has 9 heteroatoms. The van der Waals surface area contributed by atoms with Crippen molar-refractivity contribution < 1.29 is 18.9 Å². The van der Waals surface area contributed by atoms with Gasteiger partial charge in [0.1, 0.15) is 0 Å². The van der Waals surface area contributed by atoms with Gasteiger partial charge < -0.3 is 19.9 Å². The highest BCUT2D eigenvalue weighted by molar-refractivity contribution is 6.47. The highest BCUT2D eigenvalue weighted by Crippen LogP contribution is 2.47. The SMILES string of the molecule is CC(C)C[C@H](NC(=O)CNC(=O)c1cc(Cl)ccc1Cl)B1O[C@H]2CCC(C)(C)C[C@@]2(C)O1. The number of halogens is 2. The molecule has 2 amide bonds. The number of hydrogen-bond donors (Lipinski definition) is 2. The highest BCUT2D eigenvalue weighted by Gasteiger charge is 2.55. The number of nitrogens with one attached hydrogen (secondary N) is 2. The Morgan fingerprint density at radius 1 is 1.25 bits per heavy atom. The second-order valence-electron chi connectivity index (χ2n) is 10.4. The lowest BCUT2D eigenvalue weighted by molar-refractivity contribution is -0.120. The predicted molar refractivity (Wildman–Crippen MR) is 128 cm³/mol. The zero-order valence-corrected chi connectivity index (χ0v) is 21.0. The Bertz CT molecular complexity index is 866. The lowest BCUT2D eigenvalue weighted by Crippen LogP contribution is -2.51. The third-order valence-corrected chi connectivity index (χ3v) is 6.83. The van der Waals surface area contributed by atoms with Gasteiger partial charge in [0.05, 0.1) is 34.8 Å². The minimum absolute atomic E-state index is 0.0248. The summed E-state index contributed by atoms with van der Waals surface area (Å²) in [5, 5.41) is 6.29. The number of amides is 2. The van der Waals surface area contributed by atoms with Crippen molar-refractivity contribution in [3.8, 4) is 0 Å². The normalized spacial score (nSPS) is 25.4. The Balaban J connectivity index is 1.61. The lowest BCUT2D eigenvalue weighted by atomic mass is 9.69. The van der Waals surface area contributed by atoms with Crippen LogP contribution in [-0.2, 0) is 14.1 Å². The summed E-state index contributed by atoms with van der Waals surface area (Å²) >= 11 is 12.0. The van der Waals surface area contributed by atoms with E-state index in [-0.39, 0.29) is 46.1 Å². The van der Waals surface area contributed by atoms with Crippen LogP contribution < -0.4 is 10.6 Å². The Hall–Kier alpha value is -1.28. The minimum Gasteiger partial charge on any atom is -0.404 e. The van der Waals surface area contributed by atoms with Gasteiger partial charge >= 0.3 is 7.12 Å². The van der Waals surface area contributed by atoms with Crippen molar-refractivity contribution in [2.24, 2.45) is 11.3 Å². The van der Waals surface area contributed by atoms with E-state index in [1.54, 1.807) is 12.1 Å². The fourth-order valence-corrected chi connectivity index (χ4v) is 5.25. The molecule has 3 atom stereocenters. The van der Waals surface area contributed by atoms with Gasteiger partial charge in [-0.1, -0.05) is 50.9 Å². The first-order valence-electron chi connectivity index (χ1n) is 11.2. The Labute approximate surface area is 201 Å². The van der Waals surface area contributed by atoms with E-state index < -0.39 is 13.0 Å². The summed E-state index contributed by atoms with van der Waals surface area (Å²) in [5.74, 6) is -0.740. The third kappa shape index (κ3) is 6.19. The van der Waals surface area contributed by atoms with Crippen molar-refractivity contribution in [2.75, 3.05) is 6.54 Å². The molecule has 1 saturated heterocycles. The summed E-state index contributed by atoms with van der Waals surface area (Å²) in [7, 11) is -0.511. The molecule has 0 spiro atoms. The Kier molecular flexibility index (Phi) is 7.86. The van der Waals surface area contributed by atoms with Crippen molar-refractivity contribution in [1.82, 2.24) is 10.6 Å². The molecule has 1 heterocycles. The summed E-state index contributed by atoms with van der Waals surface area (Å²) < 4.78 is 12.7. The average molecular weight is 483 g/mol. The van der Waals surface area contributed by atoms with Crippen molar-refractivity contribution in [1.29, 1.82) is 0 Å². The minimum atomic E-state index is -0.511. The van der Waals surface area contributed by atoms with E-state index in [0.29, 0.717) is 17.4 Å². The molecule has 176 valence electrons. The van der Waals surface area contributed by atoms with Crippen LogP contribution in [0.2, 0.25) is 10.0 Å². The number of rotatable bonds is 7. The number of hydrogen-bond acceptors (Lipinski definition) is 4. The number of carbonyl (C=O) groups is 2. The van der Waals surface area contributed by atoms with Gasteiger partial charge in [0.25, 0.3) is 5.91 Å². The van der Waals surface area contributed by atoms with Crippen LogP contribution in [0.5, 0.6) is 0 Å². The molecule has 2 N–H and O–H groups in total. The monoisotopic (exact) mass is 482 g/mol. The molecule has 0 bridgehead atoms. The van der Waals surface area contributed by atoms with Crippen LogP contribution in [0.15, 0.2) is 18.2 Å². The van der Waals surface area contributed by atoms with Crippen LogP contribution in [-0.4, -0.2) is 43.1 Å². The zero-order chi connectivity index (χ0) is 23.7. The molecule has 3 rings (SSSR count). The first-order valence-corrected chi connectivity index (χ1v) is 12.0. The van der Waals surface area contributed by atoms with E-state index in [2.05, 4.69) is 45.3 Å². The highest BCUT2D eigenvalue weighted by atomic mass is 35.5. The van der Waals surface area contributed by atoms with Crippen molar-refractivity contribution >= 4 is 42.1 Å². The van der Waals surface area contributed by atoms with Crippen LogP contribution in [0.3, 0.4) is 0 Å². The van der Waals surface area contributed by atoms with Gasteiger partial charge in [-0.2, -0.15) is 0 Å². The van der Waals surface area contributed by atoms with Crippen LogP contribution in [0.4, 0.5) is 0 Å². The first-order chi connectivity index (χ1) is 14.9. The molecule has 0 unspecified atom stereocenters. The fraction of sp³-hybridized carbons (Fsp3) is 0.652. The molecule has 1 saturated carbocycles. The molecule has 32 heavy (non-hydrogen) atoms. The summed E-state index contributed by atoms with van der Waals surface area (Å²) in [6, 6.07) is 4.63. The molecule has 2 fully saturated rings. The van der Waals surface area contributed by atoms with E-state index >= 15 is 0 Å². The van der Waals surface area contributed by atoms with Crippen LogP contribution in [0.1, 0.15) is 70.7 Å². The van der Waals surface area contributed by atoms with Crippen molar-refractivity contribution in [3.05, 3.63) is 33.8 Å². The van der Waals surface area contributed by atoms with E-state index in [9.17, 15) is 9.59 Å². The summed E-state index contributed by atoms with van der Waals surface area (Å²) in [4.78, 5) is 25.1. The molecule has 1 aromatic carbocycles. The Morgan fingerprint density at radius 2 is 1.97 bits per heavy atom. The molecule has 0 radical (unpaired) electrons. The predicted octanol–water partition coefficient (Wildman–Crippen LogP) is 4.67. The van der Waals surface area contributed by atoms with E-state index in [1.807, 2.05) is 0 Å². The van der Waals surface area contributed by atoms with Crippen LogP contribution in [0, 0.1) is 11.3 Å². The quantitative estimate of drug-likeness (QED) is 0.553. The molecular formula is C23H33BCl2N2O4. The van der Waals surface area contributed by atoms with Gasteiger partial charge in [0.2, 0.25) is 5.91 Å². The van der Waals surface area contributed by atoms with Gasteiger partial charge in [-0.05, 0) is 62.1 Å². The van der Waals surface area contributed by atoms with Gasteiger partial charge in [-0.3, -0.25) is 9.59 Å². The molecular weight excluding hydrogens is 450 g/mol. The Morgan fingerprint density at radius 3 is 2.66 bits per heavy atom. The zero-order valence-electron chi connectivity index (χ0n) is 19.5. The molecule has 0 aromatic heterocycles. The molecule has 2 aliphatic rings. The molecule has 1 aliphatic heterocycles. The summed E-state index contributed by atoms with van der Waals surface area (Å²) in [6.45, 7) is 10.6. The lowest BCUT2D eigenvalue weighted by Gasteiger charge is -2.43. The summed E-state index contributed by atoms with van der Waals surface area (Å²) in [6.07, 6.45) is 3.68. The molecule has 1 aromatic rings. The first kappa shape index (κ1) is 25.3. The average Bonchev–Trinajstić information content (AvgIpc) is 3.02. The number of fused-ring (bicyclic) bond motifs is 1. The van der Waals surface area contributed by atoms with E-state index in [4.69, 9.17) is 32.5 Å². The van der Waals surface area contributed by atoms with E-state index in [1.165, 1.54) is 6.07 Å². The standard InChI is InChI=1S/C23H33BCl2N2O4/c1-14(2)10-19(24-31-18-8-9-22(3,4)13-23(18,5)32-24)28-20(29)12-27-21(30)16-11-15(25)6-7-17(16)26/h6-7,11,14,18-19H,8-10,12-13H2,1-5H3,(H,27,30)(H,28,29)/t18-,19-,23+/m0/s1. The van der Waals surface area contributed by atoms with Crippen molar-refractivity contribution in [3.63, 3.8) is 0 Å². The second-order valence-corrected chi connectivity index (χ2v) is 11.3. The van der Waals surface area contributed by atoms with Gasteiger partial charge in [0.15, 0.2) is 0 Å².